The molecule has 0 atom stereocenters. The molecule has 1 fully saturated rings. The van der Waals surface area contributed by atoms with E-state index in [1.807, 2.05) is 0 Å². The molecule has 0 bridgehead atoms. The van der Waals surface area contributed by atoms with E-state index in [-0.39, 0.29) is 5.91 Å². The number of hydrogen-bond donors (Lipinski definition) is 1. The van der Waals surface area contributed by atoms with Gasteiger partial charge in [-0.15, -0.1) is 0 Å². The van der Waals surface area contributed by atoms with E-state index in [9.17, 15) is 4.79 Å². The van der Waals surface area contributed by atoms with E-state index in [4.69, 9.17) is 0 Å². The zero-order valence-corrected chi connectivity index (χ0v) is 13.3. The lowest BCUT2D eigenvalue weighted by atomic mass is 10.1. The van der Waals surface area contributed by atoms with Gasteiger partial charge in [-0.1, -0.05) is 46.0 Å². The maximum absolute atomic E-state index is 11.7. The Morgan fingerprint density at radius 1 is 1.10 bits per heavy atom. The third kappa shape index (κ3) is 7.63. The lowest BCUT2D eigenvalue weighted by Gasteiger charge is -2.25. The van der Waals surface area contributed by atoms with Crippen LogP contribution in [-0.2, 0) is 4.79 Å². The molecule has 20 heavy (non-hydrogen) atoms. The molecule has 0 aromatic rings. The Kier molecular flexibility index (Phi) is 9.29. The van der Waals surface area contributed by atoms with Crippen LogP contribution in [0.15, 0.2) is 5.10 Å². The van der Waals surface area contributed by atoms with Crippen LogP contribution in [0, 0.1) is 0 Å². The summed E-state index contributed by atoms with van der Waals surface area (Å²) in [5, 5.41) is 4.27. The molecule has 0 aromatic carbocycles. The van der Waals surface area contributed by atoms with E-state index in [0.29, 0.717) is 6.42 Å². The predicted octanol–water partition coefficient (Wildman–Crippen LogP) is 3.32. The summed E-state index contributed by atoms with van der Waals surface area (Å²) in [4.78, 5) is 14.1. The zero-order chi connectivity index (χ0) is 14.6. The summed E-state index contributed by atoms with van der Waals surface area (Å²) >= 11 is 0. The molecule has 1 aliphatic rings. The normalized spacial score (nSPS) is 16.2. The standard InChI is InChI=1S/C16H31N3O/c1-3-5-6-7-8-9-10-16(20)18-17-15-11-13-19(4-2)14-12-15/h3-14H2,1-2H3,(H,18,20). The predicted molar refractivity (Wildman–Crippen MR) is 84.9 cm³/mol. The molecule has 0 aromatic heterocycles. The van der Waals surface area contributed by atoms with Crippen LogP contribution in [0.2, 0.25) is 0 Å². The van der Waals surface area contributed by atoms with Gasteiger partial charge in [0.25, 0.3) is 0 Å². The highest BCUT2D eigenvalue weighted by molar-refractivity contribution is 5.87. The smallest absolute Gasteiger partial charge is 0.240 e. The molecule has 1 saturated heterocycles. The number of rotatable bonds is 9. The highest BCUT2D eigenvalue weighted by Crippen LogP contribution is 2.08. The highest BCUT2D eigenvalue weighted by Gasteiger charge is 2.13. The van der Waals surface area contributed by atoms with Gasteiger partial charge < -0.3 is 4.90 Å². The van der Waals surface area contributed by atoms with Crippen molar-refractivity contribution < 1.29 is 4.79 Å². The van der Waals surface area contributed by atoms with Gasteiger partial charge in [-0.3, -0.25) is 4.79 Å². The summed E-state index contributed by atoms with van der Waals surface area (Å²) in [6.07, 6.45) is 9.89. The van der Waals surface area contributed by atoms with Crippen molar-refractivity contribution in [2.24, 2.45) is 5.10 Å². The number of unbranched alkanes of at least 4 members (excludes halogenated alkanes) is 5. The summed E-state index contributed by atoms with van der Waals surface area (Å²) in [5.74, 6) is 0.0749. The first kappa shape index (κ1) is 17.2. The Bertz CT molecular complexity index is 292. The third-order valence-electron chi connectivity index (χ3n) is 3.98. The van der Waals surface area contributed by atoms with Crippen molar-refractivity contribution in [3.8, 4) is 0 Å². The van der Waals surface area contributed by atoms with Crippen molar-refractivity contribution in [1.82, 2.24) is 10.3 Å². The molecule has 0 spiro atoms. The van der Waals surface area contributed by atoms with Crippen LogP contribution in [0.4, 0.5) is 0 Å². The third-order valence-corrected chi connectivity index (χ3v) is 3.98. The fourth-order valence-electron chi connectivity index (χ4n) is 2.50. The fraction of sp³-hybridized carbons (Fsp3) is 0.875. The summed E-state index contributed by atoms with van der Waals surface area (Å²) in [6.45, 7) is 7.66. The van der Waals surface area contributed by atoms with Crippen molar-refractivity contribution in [3.63, 3.8) is 0 Å². The molecule has 4 nitrogen and oxygen atoms in total. The van der Waals surface area contributed by atoms with Crippen LogP contribution in [-0.4, -0.2) is 36.2 Å². The molecular formula is C16H31N3O. The van der Waals surface area contributed by atoms with Crippen molar-refractivity contribution in [3.05, 3.63) is 0 Å². The molecule has 0 unspecified atom stereocenters. The quantitative estimate of drug-likeness (QED) is 0.520. The number of likely N-dealkylation sites (tertiary alicyclic amines) is 1. The maximum atomic E-state index is 11.7. The van der Waals surface area contributed by atoms with E-state index in [0.717, 1.165) is 51.0 Å². The van der Waals surface area contributed by atoms with Gasteiger partial charge in [0.15, 0.2) is 0 Å². The van der Waals surface area contributed by atoms with Crippen LogP contribution in [0.5, 0.6) is 0 Å². The number of hydrazone groups is 1. The lowest BCUT2D eigenvalue weighted by molar-refractivity contribution is -0.121. The minimum absolute atomic E-state index is 0.0749. The first-order valence-corrected chi connectivity index (χ1v) is 8.32. The molecule has 1 heterocycles. The summed E-state index contributed by atoms with van der Waals surface area (Å²) in [7, 11) is 0. The van der Waals surface area contributed by atoms with Gasteiger partial charge in [0.05, 0.1) is 0 Å². The SMILES string of the molecule is CCCCCCCCC(=O)NN=C1CCN(CC)CC1. The van der Waals surface area contributed by atoms with Gasteiger partial charge in [0, 0.05) is 38.1 Å². The second-order valence-corrected chi connectivity index (χ2v) is 5.67. The van der Waals surface area contributed by atoms with Crippen LogP contribution >= 0.6 is 0 Å². The lowest BCUT2D eigenvalue weighted by Crippen LogP contribution is -2.34. The van der Waals surface area contributed by atoms with E-state index in [1.54, 1.807) is 0 Å². The molecule has 1 aliphatic heterocycles. The zero-order valence-electron chi connectivity index (χ0n) is 13.3. The Morgan fingerprint density at radius 3 is 2.40 bits per heavy atom. The molecule has 0 aliphatic carbocycles. The van der Waals surface area contributed by atoms with Gasteiger partial charge in [-0.05, 0) is 13.0 Å². The number of carbonyl (C=O) groups is 1. The summed E-state index contributed by atoms with van der Waals surface area (Å²) in [5.41, 5.74) is 3.86. The van der Waals surface area contributed by atoms with E-state index in [2.05, 4.69) is 29.3 Å². The van der Waals surface area contributed by atoms with E-state index >= 15 is 0 Å². The van der Waals surface area contributed by atoms with E-state index in [1.165, 1.54) is 25.7 Å². The largest absolute Gasteiger partial charge is 0.303 e. The molecule has 0 saturated carbocycles. The number of nitrogens with one attached hydrogen (secondary N) is 1. The van der Waals surface area contributed by atoms with Crippen LogP contribution in [0.25, 0.3) is 0 Å². The van der Waals surface area contributed by atoms with Crippen molar-refractivity contribution in [2.45, 2.75) is 71.6 Å². The molecular weight excluding hydrogens is 250 g/mol. The number of hydrogen-bond acceptors (Lipinski definition) is 3. The van der Waals surface area contributed by atoms with Crippen molar-refractivity contribution in [1.29, 1.82) is 0 Å². The Morgan fingerprint density at radius 2 is 1.75 bits per heavy atom. The molecule has 116 valence electrons. The monoisotopic (exact) mass is 281 g/mol. The topological polar surface area (TPSA) is 44.7 Å². The maximum Gasteiger partial charge on any atom is 0.240 e. The molecule has 0 radical (unpaired) electrons. The molecule has 4 heteroatoms. The van der Waals surface area contributed by atoms with Crippen molar-refractivity contribution in [2.75, 3.05) is 19.6 Å². The van der Waals surface area contributed by atoms with Gasteiger partial charge in [-0.25, -0.2) is 5.43 Å². The first-order chi connectivity index (χ1) is 9.76. The van der Waals surface area contributed by atoms with Crippen LogP contribution in [0.3, 0.4) is 0 Å². The van der Waals surface area contributed by atoms with Gasteiger partial charge in [0.2, 0.25) is 5.91 Å². The molecule has 1 amide bonds. The number of piperidine rings is 1. The van der Waals surface area contributed by atoms with Crippen LogP contribution < -0.4 is 5.43 Å². The van der Waals surface area contributed by atoms with Gasteiger partial charge >= 0.3 is 0 Å². The van der Waals surface area contributed by atoms with E-state index < -0.39 is 0 Å². The van der Waals surface area contributed by atoms with Gasteiger partial charge in [0.1, 0.15) is 0 Å². The number of carbonyl (C=O) groups excluding carboxylic acids is 1. The minimum Gasteiger partial charge on any atom is -0.303 e. The second kappa shape index (κ2) is 10.8. The van der Waals surface area contributed by atoms with Crippen molar-refractivity contribution >= 4 is 11.6 Å². The first-order valence-electron chi connectivity index (χ1n) is 8.32. The molecule has 1 rings (SSSR count). The van der Waals surface area contributed by atoms with Gasteiger partial charge in [-0.2, -0.15) is 5.10 Å². The fourth-order valence-corrected chi connectivity index (χ4v) is 2.50. The second-order valence-electron chi connectivity index (χ2n) is 5.67. The van der Waals surface area contributed by atoms with Crippen LogP contribution in [0.1, 0.15) is 71.6 Å². The number of amides is 1. The summed E-state index contributed by atoms with van der Waals surface area (Å²) in [6, 6.07) is 0. The Hall–Kier alpha value is -0.900. The minimum atomic E-state index is 0.0749. The average molecular weight is 281 g/mol. The summed E-state index contributed by atoms with van der Waals surface area (Å²) < 4.78 is 0. The average Bonchev–Trinajstić information content (AvgIpc) is 2.49. The Balaban J connectivity index is 2.05. The highest BCUT2D eigenvalue weighted by atomic mass is 16.2. The number of nitrogens with zero attached hydrogens (tertiary/aromatic N) is 2. The Labute approximate surface area is 124 Å². The molecule has 1 N–H and O–H groups in total.